The predicted octanol–water partition coefficient (Wildman–Crippen LogP) is 2.18. The average Bonchev–Trinajstić information content (AvgIpc) is 2.54. The number of methoxy groups -OCH3 is 1. The number of ether oxygens (including phenoxy) is 1. The van der Waals surface area contributed by atoms with Crippen molar-refractivity contribution in [1.82, 2.24) is 9.88 Å². The number of hydrogen-bond donors (Lipinski definition) is 1. The molecule has 0 radical (unpaired) electrons. The first-order valence-electron chi connectivity index (χ1n) is 7.07. The molecule has 0 spiro atoms. The van der Waals surface area contributed by atoms with E-state index in [2.05, 4.69) is 4.98 Å². The summed E-state index contributed by atoms with van der Waals surface area (Å²) in [6.07, 6.45) is 4.30. The van der Waals surface area contributed by atoms with Crippen molar-refractivity contribution < 1.29 is 14.6 Å². The van der Waals surface area contributed by atoms with E-state index >= 15 is 0 Å². The number of aromatic nitrogens is 1. The first-order chi connectivity index (χ1) is 10.6. The molecule has 0 bridgehead atoms. The van der Waals surface area contributed by atoms with E-state index in [4.69, 9.17) is 4.74 Å². The molecule has 1 heterocycles. The van der Waals surface area contributed by atoms with E-state index in [1.165, 1.54) is 7.11 Å². The monoisotopic (exact) mass is 300 g/mol. The van der Waals surface area contributed by atoms with Crippen molar-refractivity contribution in [2.24, 2.45) is 0 Å². The maximum atomic E-state index is 12.1. The van der Waals surface area contributed by atoms with E-state index in [0.717, 1.165) is 12.0 Å². The van der Waals surface area contributed by atoms with Gasteiger partial charge in [-0.25, -0.2) is 4.79 Å². The number of likely N-dealkylation sites (N-methyl/N-ethyl adjacent to an activating group) is 1. The standard InChI is InChI=1S/C17H20N2O3/c1-19(11-8-13-6-9-18-10-7-13)16(17(21)22-2)14-4-3-5-15(20)12-14/h3-7,9-10,12,16,20H,8,11H2,1-2H3. The molecule has 0 amide bonds. The van der Waals surface area contributed by atoms with E-state index in [-0.39, 0.29) is 11.7 Å². The SMILES string of the molecule is COC(=O)C(c1cccc(O)c1)N(C)CCc1ccncc1. The number of phenols is 1. The molecule has 1 aromatic carbocycles. The van der Waals surface area contributed by atoms with Gasteiger partial charge >= 0.3 is 5.97 Å². The van der Waals surface area contributed by atoms with Gasteiger partial charge in [0.05, 0.1) is 7.11 Å². The van der Waals surface area contributed by atoms with Crippen molar-refractivity contribution in [2.75, 3.05) is 20.7 Å². The largest absolute Gasteiger partial charge is 0.508 e. The fourth-order valence-corrected chi connectivity index (χ4v) is 2.36. The molecule has 2 aromatic rings. The molecule has 1 aromatic heterocycles. The van der Waals surface area contributed by atoms with Crippen molar-refractivity contribution in [3.8, 4) is 5.75 Å². The highest BCUT2D eigenvalue weighted by atomic mass is 16.5. The summed E-state index contributed by atoms with van der Waals surface area (Å²) in [6, 6.07) is 10.1. The normalized spacial score (nSPS) is 12.1. The number of pyridine rings is 1. The fourth-order valence-electron chi connectivity index (χ4n) is 2.36. The Balaban J connectivity index is 2.13. The van der Waals surface area contributed by atoms with Crippen LogP contribution in [0.25, 0.3) is 0 Å². The quantitative estimate of drug-likeness (QED) is 0.828. The van der Waals surface area contributed by atoms with E-state index in [1.54, 1.807) is 30.6 Å². The van der Waals surface area contributed by atoms with Crippen LogP contribution in [0.5, 0.6) is 5.75 Å². The highest BCUT2D eigenvalue weighted by molar-refractivity contribution is 5.77. The fraction of sp³-hybridized carbons (Fsp3) is 0.294. The lowest BCUT2D eigenvalue weighted by Crippen LogP contribution is -2.33. The lowest BCUT2D eigenvalue weighted by molar-refractivity contribution is -0.146. The molecule has 0 aliphatic heterocycles. The second-order valence-electron chi connectivity index (χ2n) is 5.11. The van der Waals surface area contributed by atoms with Gasteiger partial charge in [0.15, 0.2) is 0 Å². The van der Waals surface area contributed by atoms with Crippen LogP contribution in [0.4, 0.5) is 0 Å². The maximum absolute atomic E-state index is 12.1. The summed E-state index contributed by atoms with van der Waals surface area (Å²) < 4.78 is 4.91. The summed E-state index contributed by atoms with van der Waals surface area (Å²) in [5.74, 6) is -0.211. The molecule has 0 aliphatic rings. The third-order valence-corrected chi connectivity index (χ3v) is 3.55. The Hall–Kier alpha value is -2.40. The van der Waals surface area contributed by atoms with Gasteiger partial charge in [0.2, 0.25) is 0 Å². The van der Waals surface area contributed by atoms with Crippen LogP contribution in [0, 0.1) is 0 Å². The van der Waals surface area contributed by atoms with Crippen LogP contribution in [0.1, 0.15) is 17.2 Å². The minimum absolute atomic E-state index is 0.133. The van der Waals surface area contributed by atoms with Gasteiger partial charge in [-0.05, 0) is 48.9 Å². The van der Waals surface area contributed by atoms with Crippen LogP contribution in [0.2, 0.25) is 0 Å². The Labute approximate surface area is 130 Å². The Bertz CT molecular complexity index is 616. The smallest absolute Gasteiger partial charge is 0.327 e. The van der Waals surface area contributed by atoms with Crippen LogP contribution in [-0.2, 0) is 16.0 Å². The third-order valence-electron chi connectivity index (χ3n) is 3.55. The average molecular weight is 300 g/mol. The van der Waals surface area contributed by atoms with Gasteiger partial charge in [-0.15, -0.1) is 0 Å². The van der Waals surface area contributed by atoms with Crippen molar-refractivity contribution in [3.05, 3.63) is 59.9 Å². The minimum atomic E-state index is -0.543. The molecular weight excluding hydrogens is 280 g/mol. The zero-order valence-corrected chi connectivity index (χ0v) is 12.8. The van der Waals surface area contributed by atoms with Gasteiger partial charge in [-0.2, -0.15) is 0 Å². The van der Waals surface area contributed by atoms with Gasteiger partial charge in [-0.3, -0.25) is 9.88 Å². The van der Waals surface area contributed by atoms with Crippen LogP contribution < -0.4 is 0 Å². The zero-order chi connectivity index (χ0) is 15.9. The van der Waals surface area contributed by atoms with Crippen LogP contribution in [-0.4, -0.2) is 41.7 Å². The van der Waals surface area contributed by atoms with Crippen LogP contribution in [0.3, 0.4) is 0 Å². The van der Waals surface area contributed by atoms with Gasteiger partial charge in [0, 0.05) is 18.9 Å². The Morgan fingerprint density at radius 2 is 2.05 bits per heavy atom. The van der Waals surface area contributed by atoms with Crippen molar-refractivity contribution in [1.29, 1.82) is 0 Å². The van der Waals surface area contributed by atoms with E-state index < -0.39 is 6.04 Å². The zero-order valence-electron chi connectivity index (χ0n) is 12.8. The van der Waals surface area contributed by atoms with Gasteiger partial charge in [0.25, 0.3) is 0 Å². The minimum Gasteiger partial charge on any atom is -0.508 e. The molecule has 0 saturated carbocycles. The molecule has 1 unspecified atom stereocenters. The van der Waals surface area contributed by atoms with Crippen molar-refractivity contribution >= 4 is 5.97 Å². The number of benzene rings is 1. The molecule has 1 N–H and O–H groups in total. The summed E-state index contributed by atoms with van der Waals surface area (Å²) >= 11 is 0. The highest BCUT2D eigenvalue weighted by Crippen LogP contribution is 2.24. The van der Waals surface area contributed by atoms with Crippen LogP contribution in [0.15, 0.2) is 48.8 Å². The molecule has 5 heteroatoms. The number of carbonyl (C=O) groups is 1. The molecule has 5 nitrogen and oxygen atoms in total. The van der Waals surface area contributed by atoms with Crippen LogP contribution >= 0.6 is 0 Å². The number of aromatic hydroxyl groups is 1. The van der Waals surface area contributed by atoms with E-state index in [1.807, 2.05) is 30.1 Å². The number of rotatable bonds is 6. The highest BCUT2D eigenvalue weighted by Gasteiger charge is 2.26. The van der Waals surface area contributed by atoms with Crippen molar-refractivity contribution in [3.63, 3.8) is 0 Å². The Kier molecular flexibility index (Phi) is 5.49. The molecule has 0 aliphatic carbocycles. The summed E-state index contributed by atoms with van der Waals surface area (Å²) in [5.41, 5.74) is 1.87. The maximum Gasteiger partial charge on any atom is 0.327 e. The topological polar surface area (TPSA) is 62.7 Å². The van der Waals surface area contributed by atoms with Gasteiger partial charge < -0.3 is 9.84 Å². The molecule has 0 saturated heterocycles. The second-order valence-corrected chi connectivity index (χ2v) is 5.11. The predicted molar refractivity (Wildman–Crippen MR) is 83.4 cm³/mol. The summed E-state index contributed by atoms with van der Waals surface area (Å²) in [7, 11) is 3.24. The number of nitrogens with zero attached hydrogens (tertiary/aromatic N) is 2. The third kappa shape index (κ3) is 4.05. The number of hydrogen-bond acceptors (Lipinski definition) is 5. The molecule has 116 valence electrons. The van der Waals surface area contributed by atoms with E-state index in [0.29, 0.717) is 12.1 Å². The number of esters is 1. The van der Waals surface area contributed by atoms with E-state index in [9.17, 15) is 9.90 Å². The molecule has 0 fully saturated rings. The summed E-state index contributed by atoms with van der Waals surface area (Å²) in [4.78, 5) is 18.0. The summed E-state index contributed by atoms with van der Waals surface area (Å²) in [5, 5.41) is 9.63. The molecule has 1 atom stereocenters. The molecule has 2 rings (SSSR count). The summed E-state index contributed by atoms with van der Waals surface area (Å²) in [6.45, 7) is 0.680. The lowest BCUT2D eigenvalue weighted by Gasteiger charge is -2.26. The lowest BCUT2D eigenvalue weighted by atomic mass is 10.0. The molecule has 22 heavy (non-hydrogen) atoms. The first kappa shape index (κ1) is 16.0. The molecular formula is C17H20N2O3. The van der Waals surface area contributed by atoms with Gasteiger partial charge in [0.1, 0.15) is 11.8 Å². The Morgan fingerprint density at radius 1 is 1.32 bits per heavy atom. The van der Waals surface area contributed by atoms with Gasteiger partial charge in [-0.1, -0.05) is 12.1 Å². The van der Waals surface area contributed by atoms with Crippen molar-refractivity contribution in [2.45, 2.75) is 12.5 Å². The Morgan fingerprint density at radius 3 is 2.68 bits per heavy atom. The number of phenolic OH excluding ortho intramolecular Hbond substituents is 1. The first-order valence-corrected chi connectivity index (χ1v) is 7.07. The second kappa shape index (κ2) is 7.56. The number of carbonyl (C=O) groups excluding carboxylic acids is 1.